The Morgan fingerprint density at radius 2 is 2.00 bits per heavy atom. The van der Waals surface area contributed by atoms with E-state index in [2.05, 4.69) is 5.32 Å². The molecule has 2 aromatic carbocycles. The molecule has 0 aliphatic rings. The first-order valence-corrected chi connectivity index (χ1v) is 5.95. The number of methoxy groups -OCH3 is 1. The maximum atomic E-state index is 13.3. The van der Waals surface area contributed by atoms with E-state index in [1.54, 1.807) is 36.4 Å². The summed E-state index contributed by atoms with van der Waals surface area (Å²) >= 11 is 0. The summed E-state index contributed by atoms with van der Waals surface area (Å²) in [4.78, 5) is 11.8. The molecule has 0 fully saturated rings. The number of nitriles is 1. The molecule has 21 heavy (non-hydrogen) atoms. The molecule has 0 aliphatic heterocycles. The lowest BCUT2D eigenvalue weighted by molar-refractivity contribution is 0.215. The maximum Gasteiger partial charge on any atom is 0.417 e. The van der Waals surface area contributed by atoms with Gasteiger partial charge in [0, 0.05) is 6.07 Å². The quantitative estimate of drug-likeness (QED) is 0.939. The van der Waals surface area contributed by atoms with Crippen LogP contribution in [0.1, 0.15) is 5.56 Å². The van der Waals surface area contributed by atoms with Gasteiger partial charge >= 0.3 is 6.09 Å². The van der Waals surface area contributed by atoms with Crippen LogP contribution in [-0.4, -0.2) is 13.2 Å². The molecule has 0 bridgehead atoms. The van der Waals surface area contributed by atoms with Crippen molar-refractivity contribution in [3.05, 3.63) is 53.8 Å². The van der Waals surface area contributed by atoms with Gasteiger partial charge in [0.2, 0.25) is 0 Å². The second-order valence-corrected chi connectivity index (χ2v) is 3.97. The first-order chi connectivity index (χ1) is 10.1. The summed E-state index contributed by atoms with van der Waals surface area (Å²) in [6.07, 6.45) is -0.803. The maximum absolute atomic E-state index is 13.3. The van der Waals surface area contributed by atoms with E-state index >= 15 is 0 Å². The highest BCUT2D eigenvalue weighted by Gasteiger charge is 2.15. The molecule has 0 spiro atoms. The van der Waals surface area contributed by atoms with Gasteiger partial charge in [0.25, 0.3) is 0 Å². The largest absolute Gasteiger partial charge is 0.494 e. The smallest absolute Gasteiger partial charge is 0.417 e. The predicted molar refractivity (Wildman–Crippen MR) is 73.8 cm³/mol. The summed E-state index contributed by atoms with van der Waals surface area (Å²) in [5, 5.41) is 11.4. The molecule has 5 nitrogen and oxygen atoms in total. The van der Waals surface area contributed by atoms with E-state index in [-0.39, 0.29) is 17.0 Å². The van der Waals surface area contributed by atoms with Crippen LogP contribution in [0.15, 0.2) is 42.5 Å². The Labute approximate surface area is 120 Å². The number of nitrogens with zero attached hydrogens (tertiary/aromatic N) is 1. The van der Waals surface area contributed by atoms with Crippen molar-refractivity contribution in [1.29, 1.82) is 5.26 Å². The molecule has 1 amide bonds. The zero-order valence-electron chi connectivity index (χ0n) is 11.1. The van der Waals surface area contributed by atoms with Crippen LogP contribution in [0.5, 0.6) is 11.5 Å². The highest BCUT2D eigenvalue weighted by molar-refractivity contribution is 5.90. The summed E-state index contributed by atoms with van der Waals surface area (Å²) in [7, 11) is 1.31. The summed E-state index contributed by atoms with van der Waals surface area (Å²) in [6.45, 7) is 0. The number of nitrogens with one attached hydrogen (secondary N) is 1. The van der Waals surface area contributed by atoms with Gasteiger partial charge in [-0.15, -0.1) is 0 Å². The molecule has 0 aliphatic carbocycles. The number of anilines is 1. The molecule has 2 rings (SSSR count). The van der Waals surface area contributed by atoms with E-state index in [9.17, 15) is 9.18 Å². The molecular weight excluding hydrogens is 275 g/mol. The Balaban J connectivity index is 2.23. The fourth-order valence-electron chi connectivity index (χ4n) is 1.68. The van der Waals surface area contributed by atoms with Gasteiger partial charge in [0.1, 0.15) is 29.1 Å². The zero-order chi connectivity index (χ0) is 15.2. The number of carbonyl (C=O) groups excluding carboxylic acids is 1. The fraction of sp³-hybridized carbons (Fsp3) is 0.0667. The van der Waals surface area contributed by atoms with Crippen molar-refractivity contribution in [2.24, 2.45) is 0 Å². The van der Waals surface area contributed by atoms with Crippen molar-refractivity contribution in [3.63, 3.8) is 0 Å². The van der Waals surface area contributed by atoms with E-state index in [1.807, 2.05) is 0 Å². The van der Waals surface area contributed by atoms with E-state index in [0.717, 1.165) is 12.1 Å². The Morgan fingerprint density at radius 1 is 1.29 bits per heavy atom. The SMILES string of the molecule is COc1cc(F)cc(C#N)c1NC(=O)Oc1ccccc1. The van der Waals surface area contributed by atoms with Crippen molar-refractivity contribution in [2.75, 3.05) is 12.4 Å². The average molecular weight is 286 g/mol. The number of benzene rings is 2. The van der Waals surface area contributed by atoms with Crippen molar-refractivity contribution in [1.82, 2.24) is 0 Å². The van der Waals surface area contributed by atoms with Crippen LogP contribution in [0, 0.1) is 17.1 Å². The molecule has 0 aromatic heterocycles. The molecule has 1 N–H and O–H groups in total. The Hall–Kier alpha value is -3.07. The third kappa shape index (κ3) is 3.48. The fourth-order valence-corrected chi connectivity index (χ4v) is 1.68. The second kappa shape index (κ2) is 6.39. The normalized spacial score (nSPS) is 9.57. The zero-order valence-corrected chi connectivity index (χ0v) is 11.1. The first kappa shape index (κ1) is 14.3. The van der Waals surface area contributed by atoms with Crippen LogP contribution < -0.4 is 14.8 Å². The molecule has 0 unspecified atom stereocenters. The van der Waals surface area contributed by atoms with Gasteiger partial charge in [-0.05, 0) is 18.2 Å². The number of rotatable bonds is 3. The number of hydrogen-bond acceptors (Lipinski definition) is 4. The molecule has 0 radical (unpaired) electrons. The van der Waals surface area contributed by atoms with E-state index < -0.39 is 11.9 Å². The van der Waals surface area contributed by atoms with Gasteiger partial charge < -0.3 is 9.47 Å². The minimum Gasteiger partial charge on any atom is -0.494 e. The summed E-state index contributed by atoms with van der Waals surface area (Å²) in [5.74, 6) is -0.253. The van der Waals surface area contributed by atoms with Gasteiger partial charge in [-0.2, -0.15) is 5.26 Å². The van der Waals surface area contributed by atoms with Gasteiger partial charge in [0.05, 0.1) is 12.7 Å². The highest BCUT2D eigenvalue weighted by Crippen LogP contribution is 2.29. The lowest BCUT2D eigenvalue weighted by Gasteiger charge is -2.12. The van der Waals surface area contributed by atoms with Crippen LogP contribution in [0.25, 0.3) is 0 Å². The summed E-state index contributed by atoms with van der Waals surface area (Å²) in [6, 6.07) is 12.3. The van der Waals surface area contributed by atoms with Crippen LogP contribution in [0.4, 0.5) is 14.9 Å². The first-order valence-electron chi connectivity index (χ1n) is 5.95. The number of carbonyl (C=O) groups is 1. The Kier molecular flexibility index (Phi) is 4.36. The van der Waals surface area contributed by atoms with Crippen molar-refractivity contribution in [3.8, 4) is 17.6 Å². The van der Waals surface area contributed by atoms with Crippen molar-refractivity contribution < 1.29 is 18.7 Å². The minimum absolute atomic E-state index is 0.0385. The molecule has 0 atom stereocenters. The molecule has 0 heterocycles. The Bertz CT molecular complexity index is 696. The van der Waals surface area contributed by atoms with Crippen LogP contribution >= 0.6 is 0 Å². The van der Waals surface area contributed by atoms with Gasteiger partial charge in [0.15, 0.2) is 0 Å². The van der Waals surface area contributed by atoms with E-state index in [1.165, 1.54) is 7.11 Å². The minimum atomic E-state index is -0.803. The third-order valence-corrected chi connectivity index (χ3v) is 2.59. The van der Waals surface area contributed by atoms with Crippen molar-refractivity contribution in [2.45, 2.75) is 0 Å². The standard InChI is InChI=1S/C15H11FN2O3/c1-20-13-8-11(16)7-10(9-17)14(13)18-15(19)21-12-5-3-2-4-6-12/h2-8H,1H3,(H,18,19). The van der Waals surface area contributed by atoms with Crippen LogP contribution in [0.3, 0.4) is 0 Å². The summed E-state index contributed by atoms with van der Waals surface area (Å²) in [5.41, 5.74) is -0.000747. The third-order valence-electron chi connectivity index (χ3n) is 2.59. The number of hydrogen-bond donors (Lipinski definition) is 1. The topological polar surface area (TPSA) is 71.3 Å². The second-order valence-electron chi connectivity index (χ2n) is 3.97. The van der Waals surface area contributed by atoms with E-state index in [0.29, 0.717) is 5.75 Å². The van der Waals surface area contributed by atoms with Gasteiger partial charge in [-0.3, -0.25) is 5.32 Å². The Morgan fingerprint density at radius 3 is 2.62 bits per heavy atom. The summed E-state index contributed by atoms with van der Waals surface area (Å²) < 4.78 is 23.3. The molecule has 0 saturated heterocycles. The lowest BCUT2D eigenvalue weighted by Crippen LogP contribution is -2.18. The molecular formula is C15H11FN2O3. The number of para-hydroxylation sites is 1. The number of amides is 1. The van der Waals surface area contributed by atoms with Gasteiger partial charge in [-0.25, -0.2) is 9.18 Å². The van der Waals surface area contributed by atoms with Crippen LogP contribution in [-0.2, 0) is 0 Å². The van der Waals surface area contributed by atoms with Crippen LogP contribution in [0.2, 0.25) is 0 Å². The highest BCUT2D eigenvalue weighted by atomic mass is 19.1. The molecule has 106 valence electrons. The molecule has 0 saturated carbocycles. The average Bonchev–Trinajstić information content (AvgIpc) is 2.49. The van der Waals surface area contributed by atoms with Crippen molar-refractivity contribution >= 4 is 11.8 Å². The molecule has 6 heteroatoms. The monoisotopic (exact) mass is 286 g/mol. The predicted octanol–water partition coefficient (Wildman–Crippen LogP) is 3.32. The van der Waals surface area contributed by atoms with Gasteiger partial charge in [-0.1, -0.05) is 18.2 Å². The number of ether oxygens (including phenoxy) is 2. The number of halogens is 1. The lowest BCUT2D eigenvalue weighted by atomic mass is 10.1. The van der Waals surface area contributed by atoms with E-state index in [4.69, 9.17) is 14.7 Å². The molecule has 2 aromatic rings.